The third-order valence-electron chi connectivity index (χ3n) is 5.04. The molecule has 0 aromatic heterocycles. The minimum Gasteiger partial charge on any atom is -0.461 e. The van der Waals surface area contributed by atoms with Crippen LogP contribution >= 0.6 is 0 Å². The Balaban J connectivity index is 1.43. The fraction of sp³-hybridized carbons (Fsp3) is 0.320. The molecule has 2 aromatic carbocycles. The lowest BCUT2D eigenvalue weighted by Gasteiger charge is -2.19. The Labute approximate surface area is 196 Å². The summed E-state index contributed by atoms with van der Waals surface area (Å²) in [4.78, 5) is 61.4. The van der Waals surface area contributed by atoms with Crippen molar-refractivity contribution in [2.24, 2.45) is 0 Å². The Kier molecular flexibility index (Phi) is 8.50. The summed E-state index contributed by atoms with van der Waals surface area (Å²) in [6.07, 6.45) is -1.30. The number of esters is 3. The normalized spacial score (nSPS) is 13.3. The Bertz CT molecular complexity index is 1030. The van der Waals surface area contributed by atoms with E-state index in [-0.39, 0.29) is 38.8 Å². The molecule has 9 heteroatoms. The molecule has 2 amide bonds. The lowest BCUT2D eigenvalue weighted by atomic mass is 10.1. The third kappa shape index (κ3) is 6.74. The van der Waals surface area contributed by atoms with Gasteiger partial charge >= 0.3 is 17.9 Å². The molecule has 0 saturated heterocycles. The van der Waals surface area contributed by atoms with Crippen LogP contribution in [0.25, 0.3) is 0 Å². The number of hydrogen-bond acceptors (Lipinski definition) is 8. The number of carbonyl (C=O) groups is 5. The van der Waals surface area contributed by atoms with E-state index in [2.05, 4.69) is 0 Å². The summed E-state index contributed by atoms with van der Waals surface area (Å²) >= 11 is 0. The zero-order valence-corrected chi connectivity index (χ0v) is 18.7. The van der Waals surface area contributed by atoms with Crippen molar-refractivity contribution in [2.45, 2.75) is 45.5 Å². The Morgan fingerprint density at radius 1 is 0.824 bits per heavy atom. The third-order valence-corrected chi connectivity index (χ3v) is 5.04. The highest BCUT2D eigenvalue weighted by Gasteiger charge is 2.34. The van der Waals surface area contributed by atoms with Gasteiger partial charge in [0.2, 0.25) is 6.29 Å². The Hall–Kier alpha value is -4.01. The molecule has 0 fully saturated rings. The second-order valence-corrected chi connectivity index (χ2v) is 7.62. The van der Waals surface area contributed by atoms with Gasteiger partial charge in [-0.05, 0) is 24.1 Å². The summed E-state index contributed by atoms with van der Waals surface area (Å²) < 4.78 is 15.3. The second kappa shape index (κ2) is 11.7. The quantitative estimate of drug-likeness (QED) is 0.281. The molecule has 1 aliphatic heterocycles. The van der Waals surface area contributed by atoms with Crippen LogP contribution in [0.2, 0.25) is 0 Å². The summed E-state index contributed by atoms with van der Waals surface area (Å²) in [5.41, 5.74) is 1.51. The Morgan fingerprint density at radius 2 is 1.41 bits per heavy atom. The topological polar surface area (TPSA) is 116 Å². The molecule has 0 radical (unpaired) electrons. The summed E-state index contributed by atoms with van der Waals surface area (Å²) in [5.74, 6) is -2.73. The van der Waals surface area contributed by atoms with E-state index in [1.165, 1.54) is 6.92 Å². The largest absolute Gasteiger partial charge is 0.461 e. The van der Waals surface area contributed by atoms with E-state index in [0.29, 0.717) is 11.1 Å². The lowest BCUT2D eigenvalue weighted by molar-refractivity contribution is -0.188. The molecule has 178 valence electrons. The second-order valence-electron chi connectivity index (χ2n) is 7.62. The van der Waals surface area contributed by atoms with Crippen LogP contribution in [0.1, 0.15) is 58.9 Å². The van der Waals surface area contributed by atoms with Gasteiger partial charge in [-0.1, -0.05) is 42.5 Å². The molecule has 1 unspecified atom stereocenters. The Morgan fingerprint density at radius 3 is 2.03 bits per heavy atom. The molecule has 0 aliphatic carbocycles. The maximum atomic E-state index is 12.4. The van der Waals surface area contributed by atoms with E-state index < -0.39 is 36.0 Å². The highest BCUT2D eigenvalue weighted by Crippen LogP contribution is 2.23. The van der Waals surface area contributed by atoms with Gasteiger partial charge in [-0.25, -0.2) is 0 Å². The van der Waals surface area contributed by atoms with Crippen LogP contribution in [0.15, 0.2) is 54.6 Å². The van der Waals surface area contributed by atoms with Crippen molar-refractivity contribution < 1.29 is 38.2 Å². The number of benzene rings is 2. The molecule has 0 bridgehead atoms. The fourth-order valence-electron chi connectivity index (χ4n) is 3.41. The van der Waals surface area contributed by atoms with E-state index in [1.54, 1.807) is 24.3 Å². The van der Waals surface area contributed by atoms with E-state index >= 15 is 0 Å². The van der Waals surface area contributed by atoms with Crippen LogP contribution < -0.4 is 0 Å². The first-order chi connectivity index (χ1) is 16.3. The van der Waals surface area contributed by atoms with Crippen LogP contribution in [-0.4, -0.2) is 47.5 Å². The highest BCUT2D eigenvalue weighted by atomic mass is 16.7. The van der Waals surface area contributed by atoms with Crippen molar-refractivity contribution in [3.8, 4) is 0 Å². The number of amides is 2. The lowest BCUT2D eigenvalue weighted by Crippen LogP contribution is -2.32. The molecule has 34 heavy (non-hydrogen) atoms. The van der Waals surface area contributed by atoms with Gasteiger partial charge in [0, 0.05) is 19.9 Å². The highest BCUT2D eigenvalue weighted by molar-refractivity contribution is 6.21. The first kappa shape index (κ1) is 24.6. The number of imide groups is 1. The summed E-state index contributed by atoms with van der Waals surface area (Å²) in [6, 6.07) is 15.7. The van der Waals surface area contributed by atoms with Gasteiger partial charge in [0.25, 0.3) is 11.8 Å². The number of rotatable bonds is 11. The summed E-state index contributed by atoms with van der Waals surface area (Å²) in [6.45, 7) is 1.35. The molecule has 1 aliphatic rings. The minimum atomic E-state index is -1.19. The van der Waals surface area contributed by atoms with Gasteiger partial charge in [0.15, 0.2) is 0 Å². The predicted molar refractivity (Wildman–Crippen MR) is 118 cm³/mol. The van der Waals surface area contributed by atoms with Crippen molar-refractivity contribution in [1.29, 1.82) is 0 Å². The summed E-state index contributed by atoms with van der Waals surface area (Å²) in [5, 5.41) is 0. The van der Waals surface area contributed by atoms with Gasteiger partial charge in [0.05, 0.1) is 24.0 Å². The molecule has 1 heterocycles. The first-order valence-electron chi connectivity index (χ1n) is 10.9. The minimum absolute atomic E-state index is 0.0769. The van der Waals surface area contributed by atoms with Gasteiger partial charge in [-0.15, -0.1) is 0 Å². The number of hydrogen-bond donors (Lipinski definition) is 0. The van der Waals surface area contributed by atoms with Crippen LogP contribution in [0.3, 0.4) is 0 Å². The zero-order valence-electron chi connectivity index (χ0n) is 18.7. The molecule has 2 aromatic rings. The molecule has 0 saturated carbocycles. The average molecular weight is 467 g/mol. The van der Waals surface area contributed by atoms with Crippen molar-refractivity contribution in [3.63, 3.8) is 0 Å². The smallest absolute Gasteiger partial charge is 0.309 e. The maximum Gasteiger partial charge on any atom is 0.309 e. The molecular weight excluding hydrogens is 442 g/mol. The van der Waals surface area contributed by atoms with E-state index in [0.717, 1.165) is 10.5 Å². The van der Waals surface area contributed by atoms with Crippen LogP contribution in [-0.2, 0) is 35.2 Å². The maximum absolute atomic E-state index is 12.4. The molecule has 1 atom stereocenters. The van der Waals surface area contributed by atoms with Crippen molar-refractivity contribution >= 4 is 29.7 Å². The van der Waals surface area contributed by atoms with Gasteiger partial charge < -0.3 is 14.2 Å². The number of carbonyl (C=O) groups excluding carboxylic acids is 5. The van der Waals surface area contributed by atoms with Crippen molar-refractivity contribution in [2.75, 3.05) is 6.54 Å². The number of fused-ring (bicyclic) bond motifs is 1. The molecule has 0 spiro atoms. The molecular formula is C25H25NO8. The van der Waals surface area contributed by atoms with Gasteiger partial charge in [0.1, 0.15) is 6.61 Å². The fourth-order valence-corrected chi connectivity index (χ4v) is 3.41. The van der Waals surface area contributed by atoms with E-state index in [4.69, 9.17) is 14.2 Å². The number of nitrogens with zero attached hydrogens (tertiary/aromatic N) is 1. The molecule has 9 nitrogen and oxygen atoms in total. The predicted octanol–water partition coefficient (Wildman–Crippen LogP) is 3.02. The standard InChI is InChI=1S/C25H25NO8/c1-17(27)33-23(12-7-15-26-24(30)19-10-5-6-11-20(19)25(26)31)34-22(29)14-13-21(28)32-16-18-8-3-2-4-9-18/h2-6,8-11,23H,7,12-16H2,1H3. The SMILES string of the molecule is CC(=O)OC(CCCN1C(=O)c2ccccc2C1=O)OC(=O)CCC(=O)OCc1ccccc1. The summed E-state index contributed by atoms with van der Waals surface area (Å²) in [7, 11) is 0. The average Bonchev–Trinajstić information content (AvgIpc) is 3.06. The van der Waals surface area contributed by atoms with Crippen molar-refractivity contribution in [3.05, 3.63) is 71.3 Å². The van der Waals surface area contributed by atoms with E-state index in [9.17, 15) is 24.0 Å². The van der Waals surface area contributed by atoms with Crippen LogP contribution in [0.4, 0.5) is 0 Å². The van der Waals surface area contributed by atoms with E-state index in [1.807, 2.05) is 30.3 Å². The monoisotopic (exact) mass is 467 g/mol. The molecule has 3 rings (SSSR count). The van der Waals surface area contributed by atoms with Crippen LogP contribution in [0.5, 0.6) is 0 Å². The number of ether oxygens (including phenoxy) is 3. The van der Waals surface area contributed by atoms with Gasteiger partial charge in [-0.2, -0.15) is 0 Å². The van der Waals surface area contributed by atoms with Gasteiger partial charge in [-0.3, -0.25) is 28.9 Å². The van der Waals surface area contributed by atoms with Crippen molar-refractivity contribution in [1.82, 2.24) is 4.90 Å². The first-order valence-corrected chi connectivity index (χ1v) is 10.9. The molecule has 0 N–H and O–H groups in total. The zero-order chi connectivity index (χ0) is 24.5. The van der Waals surface area contributed by atoms with Crippen LogP contribution in [0, 0.1) is 0 Å².